The Balaban J connectivity index is 1.74. The molecular weight excluding hydrogens is 260 g/mol. The number of rotatable bonds is 3. The van der Waals surface area contributed by atoms with E-state index in [4.69, 9.17) is 4.74 Å². The lowest BCUT2D eigenvalue weighted by molar-refractivity contribution is -0.133. The van der Waals surface area contributed by atoms with E-state index in [0.29, 0.717) is 5.75 Å². The number of fused-ring (bicyclic) bond motifs is 1. The standard InChI is InChI=1S/C19H16O2/c1-14-5-4-8-18(11-14)21-19(20)13-15-9-10-16-6-2-3-7-17(16)12-15/h2-12H,13H2,1H3. The zero-order valence-corrected chi connectivity index (χ0v) is 11.9. The van der Waals surface area contributed by atoms with Gasteiger partial charge in [0.2, 0.25) is 0 Å². The van der Waals surface area contributed by atoms with Crippen LogP contribution in [0.15, 0.2) is 66.7 Å². The average Bonchev–Trinajstić information content (AvgIpc) is 2.47. The highest BCUT2D eigenvalue weighted by atomic mass is 16.5. The van der Waals surface area contributed by atoms with Crippen molar-refractivity contribution in [3.05, 3.63) is 77.9 Å². The van der Waals surface area contributed by atoms with E-state index >= 15 is 0 Å². The van der Waals surface area contributed by atoms with Crippen molar-refractivity contribution in [2.75, 3.05) is 0 Å². The molecule has 2 nitrogen and oxygen atoms in total. The van der Waals surface area contributed by atoms with Crippen LogP contribution in [0.2, 0.25) is 0 Å². The summed E-state index contributed by atoms with van der Waals surface area (Å²) in [5, 5.41) is 2.31. The van der Waals surface area contributed by atoms with Crippen LogP contribution in [0.5, 0.6) is 5.75 Å². The van der Waals surface area contributed by atoms with E-state index in [1.165, 1.54) is 5.39 Å². The first kappa shape index (κ1) is 13.4. The molecule has 21 heavy (non-hydrogen) atoms. The minimum Gasteiger partial charge on any atom is -0.426 e. The lowest BCUT2D eigenvalue weighted by atomic mass is 10.1. The normalized spacial score (nSPS) is 10.5. The highest BCUT2D eigenvalue weighted by molar-refractivity contribution is 5.84. The molecule has 0 bridgehead atoms. The summed E-state index contributed by atoms with van der Waals surface area (Å²) in [5.41, 5.74) is 2.04. The van der Waals surface area contributed by atoms with Crippen LogP contribution >= 0.6 is 0 Å². The fourth-order valence-corrected chi connectivity index (χ4v) is 2.36. The Hall–Kier alpha value is -2.61. The fourth-order valence-electron chi connectivity index (χ4n) is 2.36. The first-order chi connectivity index (χ1) is 10.2. The summed E-state index contributed by atoms with van der Waals surface area (Å²) in [5.74, 6) is 0.358. The number of benzene rings is 3. The molecule has 104 valence electrons. The van der Waals surface area contributed by atoms with Gasteiger partial charge in [0.05, 0.1) is 6.42 Å². The van der Waals surface area contributed by atoms with E-state index in [0.717, 1.165) is 16.5 Å². The maximum Gasteiger partial charge on any atom is 0.315 e. The van der Waals surface area contributed by atoms with Crippen molar-refractivity contribution >= 4 is 16.7 Å². The van der Waals surface area contributed by atoms with Gasteiger partial charge in [-0.15, -0.1) is 0 Å². The molecule has 3 aromatic carbocycles. The van der Waals surface area contributed by atoms with E-state index < -0.39 is 0 Å². The van der Waals surface area contributed by atoms with E-state index in [2.05, 4.69) is 6.07 Å². The predicted octanol–water partition coefficient (Wildman–Crippen LogP) is 4.30. The van der Waals surface area contributed by atoms with Crippen molar-refractivity contribution < 1.29 is 9.53 Å². The summed E-state index contributed by atoms with van der Waals surface area (Å²) in [6.07, 6.45) is 0.277. The van der Waals surface area contributed by atoms with Crippen LogP contribution < -0.4 is 4.74 Å². The first-order valence-corrected chi connectivity index (χ1v) is 6.96. The van der Waals surface area contributed by atoms with Gasteiger partial charge in [0.1, 0.15) is 5.75 Å². The number of hydrogen-bond donors (Lipinski definition) is 0. The van der Waals surface area contributed by atoms with Crippen LogP contribution in [0.4, 0.5) is 0 Å². The Morgan fingerprint density at radius 2 is 1.71 bits per heavy atom. The molecule has 0 saturated carbocycles. The van der Waals surface area contributed by atoms with Crippen molar-refractivity contribution in [2.45, 2.75) is 13.3 Å². The summed E-state index contributed by atoms with van der Waals surface area (Å²) in [7, 11) is 0. The topological polar surface area (TPSA) is 26.3 Å². The molecule has 0 fully saturated rings. The van der Waals surface area contributed by atoms with Gasteiger partial charge in [-0.1, -0.05) is 54.6 Å². The molecule has 0 amide bonds. The number of ether oxygens (including phenoxy) is 1. The molecule has 0 unspecified atom stereocenters. The number of carbonyl (C=O) groups excluding carboxylic acids is 1. The number of esters is 1. The van der Waals surface area contributed by atoms with E-state index in [1.807, 2.05) is 61.5 Å². The largest absolute Gasteiger partial charge is 0.426 e. The summed E-state index contributed by atoms with van der Waals surface area (Å²) in [4.78, 5) is 12.0. The van der Waals surface area contributed by atoms with Crippen molar-refractivity contribution in [3.8, 4) is 5.75 Å². The molecule has 0 heterocycles. The first-order valence-electron chi connectivity index (χ1n) is 6.96. The summed E-state index contributed by atoms with van der Waals surface area (Å²) >= 11 is 0. The average molecular weight is 276 g/mol. The summed E-state index contributed by atoms with van der Waals surface area (Å²) in [6.45, 7) is 1.97. The van der Waals surface area contributed by atoms with Gasteiger partial charge >= 0.3 is 5.97 Å². The SMILES string of the molecule is Cc1cccc(OC(=O)Cc2ccc3ccccc3c2)c1. The van der Waals surface area contributed by atoms with Gasteiger partial charge in [0.15, 0.2) is 0 Å². The number of aryl methyl sites for hydroxylation is 1. The highest BCUT2D eigenvalue weighted by Crippen LogP contribution is 2.17. The zero-order valence-electron chi connectivity index (χ0n) is 11.9. The number of hydrogen-bond acceptors (Lipinski definition) is 2. The Morgan fingerprint density at radius 3 is 2.52 bits per heavy atom. The van der Waals surface area contributed by atoms with Gasteiger partial charge in [-0.2, -0.15) is 0 Å². The molecule has 0 spiro atoms. The highest BCUT2D eigenvalue weighted by Gasteiger charge is 2.07. The molecule has 0 saturated heterocycles. The third kappa shape index (κ3) is 3.29. The molecule has 0 aliphatic rings. The Morgan fingerprint density at radius 1 is 0.905 bits per heavy atom. The van der Waals surface area contributed by atoms with Crippen LogP contribution in [-0.2, 0) is 11.2 Å². The molecule has 0 N–H and O–H groups in total. The van der Waals surface area contributed by atoms with Crippen molar-refractivity contribution in [3.63, 3.8) is 0 Å². The molecule has 0 radical (unpaired) electrons. The molecular formula is C19H16O2. The molecule has 0 atom stereocenters. The zero-order chi connectivity index (χ0) is 14.7. The lowest BCUT2D eigenvalue weighted by Gasteiger charge is -2.06. The van der Waals surface area contributed by atoms with Gasteiger partial charge in [0.25, 0.3) is 0 Å². The Bertz CT molecular complexity index is 790. The monoisotopic (exact) mass is 276 g/mol. The summed E-state index contributed by atoms with van der Waals surface area (Å²) in [6, 6.07) is 21.7. The van der Waals surface area contributed by atoms with Crippen LogP contribution in [0.3, 0.4) is 0 Å². The lowest BCUT2D eigenvalue weighted by Crippen LogP contribution is -2.11. The van der Waals surface area contributed by atoms with Gasteiger partial charge < -0.3 is 4.74 Å². The molecule has 3 aromatic rings. The van der Waals surface area contributed by atoms with Crippen LogP contribution in [0.1, 0.15) is 11.1 Å². The van der Waals surface area contributed by atoms with Crippen molar-refractivity contribution in [2.24, 2.45) is 0 Å². The minimum absolute atomic E-state index is 0.240. The third-order valence-electron chi connectivity index (χ3n) is 3.38. The second kappa shape index (κ2) is 5.80. The van der Waals surface area contributed by atoms with Gasteiger partial charge in [-0.3, -0.25) is 4.79 Å². The predicted molar refractivity (Wildman–Crippen MR) is 84.5 cm³/mol. The van der Waals surface area contributed by atoms with Crippen LogP contribution in [0, 0.1) is 6.92 Å². The van der Waals surface area contributed by atoms with Crippen molar-refractivity contribution in [1.29, 1.82) is 0 Å². The molecule has 0 aromatic heterocycles. The van der Waals surface area contributed by atoms with Gasteiger partial charge in [-0.05, 0) is 41.0 Å². The van der Waals surface area contributed by atoms with E-state index in [9.17, 15) is 4.79 Å². The van der Waals surface area contributed by atoms with Crippen molar-refractivity contribution in [1.82, 2.24) is 0 Å². The van der Waals surface area contributed by atoms with Gasteiger partial charge in [-0.25, -0.2) is 0 Å². The Labute approximate surface area is 124 Å². The Kier molecular flexibility index (Phi) is 3.69. The third-order valence-corrected chi connectivity index (χ3v) is 3.38. The van der Waals surface area contributed by atoms with Gasteiger partial charge in [0, 0.05) is 0 Å². The molecule has 2 heteroatoms. The molecule has 3 rings (SSSR count). The second-order valence-corrected chi connectivity index (χ2v) is 5.15. The molecule has 0 aliphatic heterocycles. The van der Waals surface area contributed by atoms with E-state index in [-0.39, 0.29) is 12.4 Å². The quantitative estimate of drug-likeness (QED) is 0.526. The maximum atomic E-state index is 12.0. The minimum atomic E-state index is -0.240. The van der Waals surface area contributed by atoms with Crippen LogP contribution in [0.25, 0.3) is 10.8 Å². The second-order valence-electron chi connectivity index (χ2n) is 5.15. The maximum absolute atomic E-state index is 12.0. The number of carbonyl (C=O) groups is 1. The summed E-state index contributed by atoms with van der Waals surface area (Å²) < 4.78 is 5.37. The smallest absolute Gasteiger partial charge is 0.315 e. The van der Waals surface area contributed by atoms with Crippen LogP contribution in [-0.4, -0.2) is 5.97 Å². The molecule has 0 aliphatic carbocycles. The fraction of sp³-hybridized carbons (Fsp3) is 0.105. The van der Waals surface area contributed by atoms with E-state index in [1.54, 1.807) is 6.07 Å².